The Morgan fingerprint density at radius 3 is 2.33 bits per heavy atom. The van der Waals surface area contributed by atoms with E-state index in [4.69, 9.17) is 0 Å². The largest absolute Gasteiger partial charge is 0.481 e. The second kappa shape index (κ2) is 5.98. The van der Waals surface area contributed by atoms with Crippen LogP contribution in [0.15, 0.2) is 32.0 Å². The highest BCUT2D eigenvalue weighted by molar-refractivity contribution is 9.11. The minimum Gasteiger partial charge on any atom is -0.481 e. The summed E-state index contributed by atoms with van der Waals surface area (Å²) in [6.45, 7) is 2.09. The molecule has 0 saturated carbocycles. The molecule has 1 fully saturated rings. The van der Waals surface area contributed by atoms with Gasteiger partial charge in [-0.3, -0.25) is 4.79 Å². The van der Waals surface area contributed by atoms with E-state index in [2.05, 4.69) is 31.9 Å². The van der Waals surface area contributed by atoms with Crippen molar-refractivity contribution in [2.75, 3.05) is 13.1 Å². The van der Waals surface area contributed by atoms with Crippen molar-refractivity contribution in [3.05, 3.63) is 27.1 Å². The van der Waals surface area contributed by atoms with E-state index >= 15 is 0 Å². The second-order valence-electron chi connectivity index (χ2n) is 5.34. The molecule has 116 valence electrons. The quantitative estimate of drug-likeness (QED) is 0.783. The number of hydrogen-bond acceptors (Lipinski definition) is 3. The lowest BCUT2D eigenvalue weighted by molar-refractivity contribution is -0.150. The predicted octanol–water partition coefficient (Wildman–Crippen LogP) is 3.09. The molecule has 0 atom stereocenters. The molecule has 0 aliphatic carbocycles. The van der Waals surface area contributed by atoms with E-state index in [0.717, 1.165) is 4.47 Å². The van der Waals surface area contributed by atoms with E-state index in [1.54, 1.807) is 19.1 Å². The maximum absolute atomic E-state index is 12.6. The van der Waals surface area contributed by atoms with Crippen LogP contribution in [0.3, 0.4) is 0 Å². The van der Waals surface area contributed by atoms with Crippen LogP contribution in [0.25, 0.3) is 0 Å². The Morgan fingerprint density at radius 1 is 1.29 bits per heavy atom. The molecule has 8 heteroatoms. The Hall–Kier alpha value is -0.440. The average molecular weight is 441 g/mol. The molecule has 0 bridgehead atoms. The van der Waals surface area contributed by atoms with Crippen molar-refractivity contribution in [1.29, 1.82) is 0 Å². The number of nitrogens with zero attached hydrogens (tertiary/aromatic N) is 1. The monoisotopic (exact) mass is 439 g/mol. The van der Waals surface area contributed by atoms with Gasteiger partial charge < -0.3 is 5.11 Å². The lowest BCUT2D eigenvalue weighted by Crippen LogP contribution is -2.45. The molecule has 5 nitrogen and oxygen atoms in total. The Morgan fingerprint density at radius 2 is 1.86 bits per heavy atom. The molecule has 0 amide bonds. The van der Waals surface area contributed by atoms with E-state index in [-0.39, 0.29) is 18.0 Å². The van der Waals surface area contributed by atoms with Gasteiger partial charge >= 0.3 is 5.97 Å². The first kappa shape index (κ1) is 16.9. The average Bonchev–Trinajstić information content (AvgIpc) is 2.38. The molecule has 0 aromatic heterocycles. The second-order valence-corrected chi connectivity index (χ2v) is 9.02. The lowest BCUT2D eigenvalue weighted by atomic mass is 9.81. The van der Waals surface area contributed by atoms with E-state index in [1.165, 1.54) is 10.4 Å². The van der Waals surface area contributed by atoms with E-state index in [0.29, 0.717) is 17.3 Å². The maximum Gasteiger partial charge on any atom is 0.309 e. The Balaban J connectivity index is 2.25. The van der Waals surface area contributed by atoms with Gasteiger partial charge in [-0.05, 0) is 53.9 Å². The van der Waals surface area contributed by atoms with Crippen LogP contribution in [-0.4, -0.2) is 36.9 Å². The number of halogens is 2. The smallest absolute Gasteiger partial charge is 0.309 e. The van der Waals surface area contributed by atoms with Crippen LogP contribution in [0.2, 0.25) is 0 Å². The zero-order valence-electron chi connectivity index (χ0n) is 11.3. The minimum atomic E-state index is -3.61. The molecule has 1 aliphatic rings. The third-order valence-electron chi connectivity index (χ3n) is 3.85. The molecule has 1 saturated heterocycles. The Labute approximate surface area is 140 Å². The molecular formula is C13H15Br2NO4S. The van der Waals surface area contributed by atoms with Crippen LogP contribution in [0.1, 0.15) is 19.8 Å². The van der Waals surface area contributed by atoms with E-state index in [1.807, 2.05) is 0 Å². The summed E-state index contributed by atoms with van der Waals surface area (Å²) in [5, 5.41) is 9.20. The molecule has 1 N–H and O–H groups in total. The maximum atomic E-state index is 12.6. The van der Waals surface area contributed by atoms with Gasteiger partial charge in [0.05, 0.1) is 10.3 Å². The first-order valence-corrected chi connectivity index (χ1v) is 9.38. The number of hydrogen-bond donors (Lipinski definition) is 1. The number of carboxylic acids is 1. The van der Waals surface area contributed by atoms with Gasteiger partial charge in [0.1, 0.15) is 0 Å². The van der Waals surface area contributed by atoms with Crippen molar-refractivity contribution >= 4 is 47.9 Å². The number of carboxylic acid groups (broad SMARTS) is 1. The summed E-state index contributed by atoms with van der Waals surface area (Å²) in [7, 11) is -3.61. The molecule has 0 spiro atoms. The SMILES string of the molecule is CC1(C(=O)O)CCN(S(=O)(=O)c2ccc(Br)cc2Br)CC1. The van der Waals surface area contributed by atoms with Crippen molar-refractivity contribution in [2.45, 2.75) is 24.7 Å². The van der Waals surface area contributed by atoms with Gasteiger partial charge in [0.25, 0.3) is 0 Å². The van der Waals surface area contributed by atoms with Crippen LogP contribution >= 0.6 is 31.9 Å². The molecule has 21 heavy (non-hydrogen) atoms. The van der Waals surface area contributed by atoms with Crippen LogP contribution in [0, 0.1) is 5.41 Å². The van der Waals surface area contributed by atoms with Gasteiger partial charge in [0, 0.05) is 22.0 Å². The highest BCUT2D eigenvalue weighted by Gasteiger charge is 2.40. The molecule has 1 aromatic rings. The lowest BCUT2D eigenvalue weighted by Gasteiger charge is -2.35. The fraction of sp³-hybridized carbons (Fsp3) is 0.462. The highest BCUT2D eigenvalue weighted by Crippen LogP contribution is 2.35. The van der Waals surface area contributed by atoms with Crippen molar-refractivity contribution in [1.82, 2.24) is 4.31 Å². The minimum absolute atomic E-state index is 0.199. The third kappa shape index (κ3) is 3.33. The molecule has 2 rings (SSSR count). The summed E-state index contributed by atoms with van der Waals surface area (Å²) in [4.78, 5) is 11.4. The summed E-state index contributed by atoms with van der Waals surface area (Å²) in [5.74, 6) is -0.871. The first-order valence-electron chi connectivity index (χ1n) is 6.35. The number of benzene rings is 1. The van der Waals surface area contributed by atoms with E-state index < -0.39 is 21.4 Å². The van der Waals surface area contributed by atoms with Crippen molar-refractivity contribution in [2.24, 2.45) is 5.41 Å². The summed E-state index contributed by atoms with van der Waals surface area (Å²) < 4.78 is 27.9. The Kier molecular flexibility index (Phi) is 4.82. The van der Waals surface area contributed by atoms with Gasteiger partial charge in [0.15, 0.2) is 0 Å². The summed E-state index contributed by atoms with van der Waals surface area (Å²) >= 11 is 6.55. The third-order valence-corrected chi connectivity index (χ3v) is 7.22. The summed E-state index contributed by atoms with van der Waals surface area (Å²) in [6, 6.07) is 4.88. The van der Waals surface area contributed by atoms with Crippen molar-refractivity contribution in [3.63, 3.8) is 0 Å². The van der Waals surface area contributed by atoms with Crippen molar-refractivity contribution in [3.8, 4) is 0 Å². The number of sulfonamides is 1. The van der Waals surface area contributed by atoms with Crippen LogP contribution < -0.4 is 0 Å². The number of rotatable bonds is 3. The number of carbonyl (C=O) groups is 1. The van der Waals surface area contributed by atoms with Gasteiger partial charge in [-0.25, -0.2) is 8.42 Å². The fourth-order valence-electron chi connectivity index (χ4n) is 2.26. The molecule has 0 radical (unpaired) electrons. The normalized spacial score (nSPS) is 19.4. The van der Waals surface area contributed by atoms with Crippen LogP contribution in [0.4, 0.5) is 0 Å². The molecule has 1 aliphatic heterocycles. The molecule has 1 aromatic carbocycles. The van der Waals surface area contributed by atoms with Gasteiger partial charge in [-0.1, -0.05) is 15.9 Å². The zero-order chi connectivity index (χ0) is 15.8. The van der Waals surface area contributed by atoms with Gasteiger partial charge in [0.2, 0.25) is 10.0 Å². The molecular weight excluding hydrogens is 426 g/mol. The number of aliphatic carboxylic acids is 1. The van der Waals surface area contributed by atoms with Crippen molar-refractivity contribution < 1.29 is 18.3 Å². The fourth-order valence-corrected chi connectivity index (χ4v) is 5.41. The van der Waals surface area contributed by atoms with Gasteiger partial charge in [-0.15, -0.1) is 0 Å². The Bertz CT molecular complexity index is 667. The number of piperidine rings is 1. The standard InChI is InChI=1S/C13H15Br2NO4S/c1-13(12(17)18)4-6-16(7-5-13)21(19,20)11-3-2-9(14)8-10(11)15/h2-3,8H,4-7H2,1H3,(H,17,18). The molecule has 1 heterocycles. The first-order chi connectivity index (χ1) is 9.67. The van der Waals surface area contributed by atoms with Gasteiger partial charge in [-0.2, -0.15) is 4.31 Å². The highest BCUT2D eigenvalue weighted by atomic mass is 79.9. The zero-order valence-corrected chi connectivity index (χ0v) is 15.3. The van der Waals surface area contributed by atoms with Crippen LogP contribution in [0.5, 0.6) is 0 Å². The summed E-state index contributed by atoms with van der Waals surface area (Å²) in [6.07, 6.45) is 0.630. The topological polar surface area (TPSA) is 74.7 Å². The molecule has 0 unspecified atom stereocenters. The van der Waals surface area contributed by atoms with E-state index in [9.17, 15) is 18.3 Å². The summed E-state index contributed by atoms with van der Waals surface area (Å²) in [5.41, 5.74) is -0.844. The van der Waals surface area contributed by atoms with Crippen LogP contribution in [-0.2, 0) is 14.8 Å². The predicted molar refractivity (Wildman–Crippen MR) is 85.6 cm³/mol.